The van der Waals surface area contributed by atoms with Gasteiger partial charge in [0.2, 0.25) is 0 Å². The van der Waals surface area contributed by atoms with E-state index in [1.165, 1.54) is 20.0 Å². The summed E-state index contributed by atoms with van der Waals surface area (Å²) in [5.74, 6) is -2.23. The fourth-order valence-electron chi connectivity index (χ4n) is 3.42. The zero-order valence-electron chi connectivity index (χ0n) is 22.1. The maximum absolute atomic E-state index is 10.3. The molecule has 0 aliphatic carbocycles. The van der Waals surface area contributed by atoms with E-state index in [0.29, 0.717) is 12.8 Å². The van der Waals surface area contributed by atoms with E-state index in [-0.39, 0.29) is 33.0 Å². The van der Waals surface area contributed by atoms with Crippen LogP contribution in [0.25, 0.3) is 0 Å². The Morgan fingerprint density at radius 3 is 1.26 bits per heavy atom. The Balaban J connectivity index is 0.000000517. The van der Waals surface area contributed by atoms with Crippen molar-refractivity contribution in [3.63, 3.8) is 0 Å². The topological polar surface area (TPSA) is 80.3 Å². The summed E-state index contributed by atoms with van der Waals surface area (Å²) in [7, 11) is 0. The predicted octanol–water partition coefficient (Wildman–Crippen LogP) is 5.00. The third kappa shape index (κ3) is 18.2. The van der Waals surface area contributed by atoms with Gasteiger partial charge in [-0.1, -0.05) is 53.4 Å². The van der Waals surface area contributed by atoms with Crippen LogP contribution in [0, 0.1) is 11.8 Å². The van der Waals surface area contributed by atoms with E-state index in [4.69, 9.17) is 0 Å². The number of carboxylic acids is 2. The number of aliphatic carboxylic acids is 2. The summed E-state index contributed by atoms with van der Waals surface area (Å²) in [6.45, 7) is 7.89. The molecule has 0 aliphatic rings. The summed E-state index contributed by atoms with van der Waals surface area (Å²) < 4.78 is 2.69. The van der Waals surface area contributed by atoms with Gasteiger partial charge >= 0.3 is 102 Å². The van der Waals surface area contributed by atoms with Gasteiger partial charge in [0.1, 0.15) is 0 Å². The molecule has 0 saturated carbocycles. The molecule has 0 saturated heterocycles. The van der Waals surface area contributed by atoms with Gasteiger partial charge < -0.3 is 19.8 Å². The van der Waals surface area contributed by atoms with Crippen LogP contribution in [0.15, 0.2) is 60.7 Å². The molecule has 4 nitrogen and oxygen atoms in total. The zero-order chi connectivity index (χ0) is 26.3. The summed E-state index contributed by atoms with van der Waals surface area (Å²) in [4.78, 5) is 20.7. The molecule has 2 aromatic carbocycles. The quantitative estimate of drug-likeness (QED) is 0.292. The summed E-state index contributed by atoms with van der Waals surface area (Å²) in [5.41, 5.74) is 3.03. The molecule has 0 bridgehead atoms. The van der Waals surface area contributed by atoms with Crippen molar-refractivity contribution in [2.75, 3.05) is 0 Å². The second-order valence-corrected chi connectivity index (χ2v) is 12.2. The Kier molecular flexibility index (Phi) is 21.5. The summed E-state index contributed by atoms with van der Waals surface area (Å²) in [5, 5.41) is 20.7. The number of carboxylic acid groups (broad SMARTS) is 2. The molecule has 0 fully saturated rings. The first-order chi connectivity index (χ1) is 16.9. The Bertz CT molecular complexity index is 699. The Morgan fingerprint density at radius 1 is 0.657 bits per heavy atom. The fourth-order valence-corrected chi connectivity index (χ4v) is 6.77. The molecule has 2 unspecified atom stereocenters. The Labute approximate surface area is 223 Å². The van der Waals surface area contributed by atoms with E-state index in [1.54, 1.807) is 0 Å². The molecule has 0 heterocycles. The van der Waals surface area contributed by atoms with Gasteiger partial charge in [-0.15, -0.1) is 0 Å². The molecule has 0 amide bonds. The Morgan fingerprint density at radius 2 is 1.00 bits per heavy atom. The van der Waals surface area contributed by atoms with Crippen molar-refractivity contribution in [1.82, 2.24) is 0 Å². The first kappa shape index (κ1) is 33.2. The molecule has 192 valence electrons. The van der Waals surface area contributed by atoms with E-state index in [9.17, 15) is 19.8 Å². The molecule has 2 atom stereocenters. The molecule has 2 aromatic rings. The average Bonchev–Trinajstić information content (AvgIpc) is 2.87. The van der Waals surface area contributed by atoms with E-state index in [1.807, 2.05) is 13.8 Å². The van der Waals surface area contributed by atoms with Crippen LogP contribution in [0.2, 0.25) is 0 Å². The molecule has 0 N–H and O–H groups in total. The van der Waals surface area contributed by atoms with Crippen LogP contribution in [0.3, 0.4) is 0 Å². The van der Waals surface area contributed by atoms with E-state index in [0.717, 1.165) is 38.5 Å². The molecular formula is C30H44O4Sn. The molecule has 0 radical (unpaired) electrons. The number of carbonyl (C=O) groups is 2. The molecular weight excluding hydrogens is 543 g/mol. The third-order valence-electron chi connectivity index (χ3n) is 5.81. The van der Waals surface area contributed by atoms with Gasteiger partial charge in [-0.3, -0.25) is 0 Å². The SMILES string of the molecule is CCCCC(CC)C(=O)[O-].CCCCC(CC)C(=O)[O-].c1ccc([CH2][Sn+2][CH2]c2ccccc2)cc1. The van der Waals surface area contributed by atoms with E-state index >= 15 is 0 Å². The number of hydrogen-bond acceptors (Lipinski definition) is 4. The van der Waals surface area contributed by atoms with E-state index in [2.05, 4.69) is 74.5 Å². The van der Waals surface area contributed by atoms with Crippen molar-refractivity contribution < 1.29 is 19.8 Å². The van der Waals surface area contributed by atoms with Crippen molar-refractivity contribution in [1.29, 1.82) is 0 Å². The van der Waals surface area contributed by atoms with Crippen molar-refractivity contribution in [2.45, 2.75) is 87.9 Å². The van der Waals surface area contributed by atoms with Crippen LogP contribution < -0.4 is 10.2 Å². The zero-order valence-corrected chi connectivity index (χ0v) is 25.0. The number of unbranched alkanes of at least 4 members (excludes halogenated alkanes) is 2. The van der Waals surface area contributed by atoms with Crippen molar-refractivity contribution >= 4 is 33.1 Å². The standard InChI is InChI=1S/2C8H16O2.2C7H7.Sn/c2*1-3-5-6-7(4-2)8(9)10;2*1-7-5-3-2-4-6-7;/h2*7H,3-6H2,1-2H3,(H,9,10);2*2-6H,1H2;/q;;;;+2/p-2. The number of benzene rings is 2. The summed E-state index contributed by atoms with van der Waals surface area (Å²) in [6.07, 6.45) is 7.04. The van der Waals surface area contributed by atoms with Crippen molar-refractivity contribution in [2.24, 2.45) is 11.8 Å². The van der Waals surface area contributed by atoms with Crippen molar-refractivity contribution in [3.8, 4) is 0 Å². The van der Waals surface area contributed by atoms with Crippen LogP contribution in [0.1, 0.15) is 90.2 Å². The van der Waals surface area contributed by atoms with Gasteiger partial charge in [-0.05, 0) is 37.5 Å². The summed E-state index contributed by atoms with van der Waals surface area (Å²) >= 11 is -0.258. The number of hydrogen-bond donors (Lipinski definition) is 0. The maximum atomic E-state index is 10.3. The molecule has 0 aliphatic heterocycles. The van der Waals surface area contributed by atoms with Gasteiger partial charge in [0.25, 0.3) is 0 Å². The predicted molar refractivity (Wildman–Crippen MR) is 143 cm³/mol. The van der Waals surface area contributed by atoms with Gasteiger partial charge in [0, 0.05) is 11.9 Å². The molecule has 0 aromatic heterocycles. The molecule has 2 rings (SSSR count). The normalized spacial score (nSPS) is 11.5. The second-order valence-electron chi connectivity index (χ2n) is 8.71. The van der Waals surface area contributed by atoms with Crippen LogP contribution >= 0.6 is 0 Å². The number of carbonyl (C=O) groups excluding carboxylic acids is 2. The number of rotatable bonds is 14. The van der Waals surface area contributed by atoms with Gasteiger partial charge in [0.15, 0.2) is 0 Å². The monoisotopic (exact) mass is 588 g/mol. The first-order valence-electron chi connectivity index (χ1n) is 13.1. The van der Waals surface area contributed by atoms with Gasteiger partial charge in [-0.2, -0.15) is 0 Å². The summed E-state index contributed by atoms with van der Waals surface area (Å²) in [6, 6.07) is 21.7. The van der Waals surface area contributed by atoms with Crippen LogP contribution in [-0.2, 0) is 18.5 Å². The van der Waals surface area contributed by atoms with E-state index < -0.39 is 11.9 Å². The minimum absolute atomic E-state index is 0.222. The van der Waals surface area contributed by atoms with Crippen LogP contribution in [0.4, 0.5) is 0 Å². The molecule has 0 spiro atoms. The minimum atomic E-state index is -0.893. The van der Waals surface area contributed by atoms with Crippen molar-refractivity contribution in [3.05, 3.63) is 71.8 Å². The van der Waals surface area contributed by atoms with Crippen LogP contribution in [0.5, 0.6) is 0 Å². The second kappa shape index (κ2) is 22.6. The van der Waals surface area contributed by atoms with Gasteiger partial charge in [-0.25, -0.2) is 0 Å². The molecule has 35 heavy (non-hydrogen) atoms. The third-order valence-corrected chi connectivity index (χ3v) is 9.57. The Hall–Kier alpha value is -1.82. The van der Waals surface area contributed by atoms with Crippen LogP contribution in [-0.4, -0.2) is 33.1 Å². The fraction of sp³-hybridized carbons (Fsp3) is 0.533. The first-order valence-corrected chi connectivity index (χ1v) is 17.1. The van der Waals surface area contributed by atoms with Gasteiger partial charge in [0.05, 0.1) is 0 Å². The molecule has 5 heteroatoms. The average molecular weight is 587 g/mol.